The average Bonchev–Trinajstić information content (AvgIpc) is 2.86. The van der Waals surface area contributed by atoms with Crippen LogP contribution in [0, 0.1) is 0 Å². The van der Waals surface area contributed by atoms with E-state index >= 15 is 0 Å². The first-order valence-electron chi connectivity index (χ1n) is 9.27. The second-order valence-electron chi connectivity index (χ2n) is 6.88. The second-order valence-corrected chi connectivity index (χ2v) is 6.88. The molecule has 8 heteroatoms. The topological polar surface area (TPSA) is 97.3 Å². The minimum absolute atomic E-state index is 0.0168. The number of carbonyl (C=O) groups is 2. The molecule has 2 aliphatic heterocycles. The number of carbonyl (C=O) groups excluding carboxylic acids is 2. The van der Waals surface area contributed by atoms with Crippen LogP contribution in [0.2, 0.25) is 0 Å². The number of nitrogens with zero attached hydrogens (tertiary/aromatic N) is 1. The van der Waals surface area contributed by atoms with Crippen molar-refractivity contribution in [2.24, 2.45) is 0 Å². The molecule has 1 aromatic rings. The number of hydrogen-bond acceptors (Lipinski definition) is 6. The zero-order valence-corrected chi connectivity index (χ0v) is 15.5. The molecular weight excluding hydrogens is 352 g/mol. The summed E-state index contributed by atoms with van der Waals surface area (Å²) in [7, 11) is 0. The lowest BCUT2D eigenvalue weighted by Gasteiger charge is -2.27. The highest BCUT2D eigenvalue weighted by molar-refractivity contribution is 5.93. The quantitative estimate of drug-likeness (QED) is 0.595. The van der Waals surface area contributed by atoms with E-state index in [-0.39, 0.29) is 18.1 Å². The Kier molecular flexibility index (Phi) is 6.65. The Bertz CT molecular complexity index is 674. The van der Waals surface area contributed by atoms with Gasteiger partial charge in [-0.25, -0.2) is 5.48 Å². The Morgan fingerprint density at radius 3 is 2.85 bits per heavy atom. The van der Waals surface area contributed by atoms with Crippen LogP contribution in [0.3, 0.4) is 0 Å². The van der Waals surface area contributed by atoms with E-state index < -0.39 is 5.91 Å². The summed E-state index contributed by atoms with van der Waals surface area (Å²) < 4.78 is 16.9. The van der Waals surface area contributed by atoms with Gasteiger partial charge in [-0.2, -0.15) is 0 Å². The van der Waals surface area contributed by atoms with Crippen molar-refractivity contribution in [3.05, 3.63) is 29.3 Å². The van der Waals surface area contributed by atoms with E-state index in [4.69, 9.17) is 19.4 Å². The first-order chi connectivity index (χ1) is 13.1. The third kappa shape index (κ3) is 4.97. The zero-order valence-electron chi connectivity index (χ0n) is 15.5. The van der Waals surface area contributed by atoms with Gasteiger partial charge in [0.05, 0.1) is 25.2 Å². The Balaban J connectivity index is 1.60. The van der Waals surface area contributed by atoms with E-state index in [1.807, 2.05) is 6.92 Å². The second kappa shape index (κ2) is 9.16. The van der Waals surface area contributed by atoms with E-state index in [1.54, 1.807) is 28.6 Å². The molecule has 3 rings (SSSR count). The SMILES string of the molecule is C[C@H]1COc2cc(C(=O)NO)ccc2CN1C(=O)CCOC1CCOCC1. The van der Waals surface area contributed by atoms with Crippen molar-refractivity contribution in [2.75, 3.05) is 26.4 Å². The van der Waals surface area contributed by atoms with Gasteiger partial charge in [-0.05, 0) is 31.9 Å². The van der Waals surface area contributed by atoms with Crippen molar-refractivity contribution < 1.29 is 29.0 Å². The molecule has 27 heavy (non-hydrogen) atoms. The van der Waals surface area contributed by atoms with Gasteiger partial charge in [0.2, 0.25) is 5.91 Å². The summed E-state index contributed by atoms with van der Waals surface area (Å²) in [6.07, 6.45) is 2.24. The van der Waals surface area contributed by atoms with Crippen molar-refractivity contribution in [2.45, 2.75) is 44.9 Å². The maximum Gasteiger partial charge on any atom is 0.274 e. The summed E-state index contributed by atoms with van der Waals surface area (Å²) in [6, 6.07) is 4.83. The van der Waals surface area contributed by atoms with E-state index in [0.717, 1.165) is 18.4 Å². The normalized spacial score (nSPS) is 20.4. The van der Waals surface area contributed by atoms with Gasteiger partial charge < -0.3 is 19.1 Å². The molecule has 2 aliphatic rings. The van der Waals surface area contributed by atoms with Crippen LogP contribution in [0.1, 0.15) is 42.1 Å². The minimum atomic E-state index is -0.600. The fourth-order valence-corrected chi connectivity index (χ4v) is 3.30. The third-order valence-electron chi connectivity index (χ3n) is 4.94. The Morgan fingerprint density at radius 2 is 2.11 bits per heavy atom. The molecule has 0 unspecified atom stereocenters. The zero-order chi connectivity index (χ0) is 19.2. The summed E-state index contributed by atoms with van der Waals surface area (Å²) in [5.74, 6) is -0.0308. The Morgan fingerprint density at radius 1 is 1.33 bits per heavy atom. The fourth-order valence-electron chi connectivity index (χ4n) is 3.30. The van der Waals surface area contributed by atoms with Crippen molar-refractivity contribution >= 4 is 11.8 Å². The molecule has 8 nitrogen and oxygen atoms in total. The van der Waals surface area contributed by atoms with Gasteiger partial charge in [0.1, 0.15) is 12.4 Å². The van der Waals surface area contributed by atoms with Crippen molar-refractivity contribution in [3.63, 3.8) is 0 Å². The van der Waals surface area contributed by atoms with Gasteiger partial charge in [-0.3, -0.25) is 14.8 Å². The van der Waals surface area contributed by atoms with Crippen LogP contribution in [-0.4, -0.2) is 60.5 Å². The fraction of sp³-hybridized carbons (Fsp3) is 0.579. The summed E-state index contributed by atoms with van der Waals surface area (Å²) >= 11 is 0. The summed E-state index contributed by atoms with van der Waals surface area (Å²) in [6.45, 7) is 4.51. The maximum atomic E-state index is 12.7. The number of nitrogens with one attached hydrogen (secondary N) is 1. The van der Waals surface area contributed by atoms with E-state index in [0.29, 0.717) is 50.7 Å². The molecule has 1 fully saturated rings. The van der Waals surface area contributed by atoms with E-state index in [1.165, 1.54) is 0 Å². The van der Waals surface area contributed by atoms with Crippen LogP contribution in [0.5, 0.6) is 5.75 Å². The molecular formula is C19H26N2O6. The van der Waals surface area contributed by atoms with Gasteiger partial charge in [0, 0.05) is 30.9 Å². The van der Waals surface area contributed by atoms with Gasteiger partial charge in [-0.1, -0.05) is 6.07 Å². The van der Waals surface area contributed by atoms with Gasteiger partial charge >= 0.3 is 0 Å². The molecule has 0 bridgehead atoms. The summed E-state index contributed by atoms with van der Waals surface area (Å²) in [5.41, 5.74) is 2.73. The van der Waals surface area contributed by atoms with Crippen LogP contribution in [0.25, 0.3) is 0 Å². The van der Waals surface area contributed by atoms with Gasteiger partial charge in [0.15, 0.2) is 0 Å². The Labute approximate surface area is 158 Å². The van der Waals surface area contributed by atoms with Crippen molar-refractivity contribution in [1.29, 1.82) is 0 Å². The third-order valence-corrected chi connectivity index (χ3v) is 4.94. The molecule has 1 saturated heterocycles. The van der Waals surface area contributed by atoms with Crippen LogP contribution in [-0.2, 0) is 20.8 Å². The molecule has 0 spiro atoms. The average molecular weight is 378 g/mol. The molecule has 2 N–H and O–H groups in total. The molecule has 0 aromatic heterocycles. The van der Waals surface area contributed by atoms with Crippen LogP contribution < -0.4 is 10.2 Å². The number of rotatable bonds is 5. The van der Waals surface area contributed by atoms with Crippen molar-refractivity contribution in [3.8, 4) is 5.75 Å². The summed E-state index contributed by atoms with van der Waals surface area (Å²) in [5, 5.41) is 8.77. The van der Waals surface area contributed by atoms with Gasteiger partial charge in [-0.15, -0.1) is 0 Å². The predicted octanol–water partition coefficient (Wildman–Crippen LogP) is 1.50. The first kappa shape index (κ1) is 19.6. The molecule has 2 heterocycles. The lowest BCUT2D eigenvalue weighted by molar-refractivity contribution is -0.136. The first-order valence-corrected chi connectivity index (χ1v) is 9.27. The molecule has 0 aliphatic carbocycles. The van der Waals surface area contributed by atoms with Gasteiger partial charge in [0.25, 0.3) is 5.91 Å². The lowest BCUT2D eigenvalue weighted by atomic mass is 10.1. The number of benzene rings is 1. The smallest absolute Gasteiger partial charge is 0.274 e. The highest BCUT2D eigenvalue weighted by Crippen LogP contribution is 2.27. The molecule has 0 saturated carbocycles. The summed E-state index contributed by atoms with van der Waals surface area (Å²) in [4.78, 5) is 26.1. The molecule has 148 valence electrons. The van der Waals surface area contributed by atoms with Crippen LogP contribution >= 0.6 is 0 Å². The monoisotopic (exact) mass is 378 g/mol. The highest BCUT2D eigenvalue weighted by atomic mass is 16.5. The number of ether oxygens (including phenoxy) is 3. The van der Waals surface area contributed by atoms with Crippen molar-refractivity contribution in [1.82, 2.24) is 10.4 Å². The number of amides is 2. The van der Waals surface area contributed by atoms with Crippen LogP contribution in [0.4, 0.5) is 0 Å². The van der Waals surface area contributed by atoms with Crippen LogP contribution in [0.15, 0.2) is 18.2 Å². The molecule has 0 radical (unpaired) electrons. The number of hydrogen-bond donors (Lipinski definition) is 2. The predicted molar refractivity (Wildman–Crippen MR) is 95.6 cm³/mol. The largest absolute Gasteiger partial charge is 0.491 e. The number of fused-ring (bicyclic) bond motifs is 1. The number of hydroxylamine groups is 1. The molecule has 1 atom stereocenters. The highest BCUT2D eigenvalue weighted by Gasteiger charge is 2.26. The molecule has 2 amide bonds. The maximum absolute atomic E-state index is 12.7. The lowest BCUT2D eigenvalue weighted by Crippen LogP contribution is -2.40. The van der Waals surface area contributed by atoms with E-state index in [9.17, 15) is 9.59 Å². The molecule has 1 aromatic carbocycles. The standard InChI is InChI=1S/C19H26N2O6/c1-13-12-27-17-10-14(19(23)20-24)2-3-15(17)11-21(13)18(22)6-9-26-16-4-7-25-8-5-16/h2-3,10,13,16,24H,4-9,11-12H2,1H3,(H,20,23)/t13-/m0/s1. The minimum Gasteiger partial charge on any atom is -0.491 e. The van der Waals surface area contributed by atoms with E-state index in [2.05, 4.69) is 0 Å². The Hall–Kier alpha value is -2.16.